The fourth-order valence-corrected chi connectivity index (χ4v) is 2.38. The maximum Gasteiger partial charge on any atom is 0.0388 e. The van der Waals surface area contributed by atoms with Gasteiger partial charge in [0.2, 0.25) is 0 Å². The molecule has 2 aromatic heterocycles. The summed E-state index contributed by atoms with van der Waals surface area (Å²) in [4.78, 5) is 5.56. The number of nitrogens with zero attached hydrogens (tertiary/aromatic N) is 1. The predicted molar refractivity (Wildman–Crippen MR) is 68.5 cm³/mol. The van der Waals surface area contributed by atoms with Gasteiger partial charge in [0.15, 0.2) is 0 Å². The van der Waals surface area contributed by atoms with Gasteiger partial charge in [-0.15, -0.1) is 11.3 Å². The highest BCUT2D eigenvalue weighted by atomic mass is 32.1. The Balaban J connectivity index is 1.92. The summed E-state index contributed by atoms with van der Waals surface area (Å²) in [6, 6.07) is 6.82. The van der Waals surface area contributed by atoms with Gasteiger partial charge in [0.1, 0.15) is 0 Å². The Morgan fingerprint density at radius 1 is 1.44 bits per heavy atom. The first-order chi connectivity index (χ1) is 7.75. The molecule has 0 amide bonds. The van der Waals surface area contributed by atoms with Gasteiger partial charge in [-0.3, -0.25) is 4.98 Å². The Morgan fingerprint density at radius 3 is 3.00 bits per heavy atom. The fraction of sp³-hybridized carbons (Fsp3) is 0.308. The van der Waals surface area contributed by atoms with E-state index in [1.54, 1.807) is 11.3 Å². The molecule has 84 valence electrons. The van der Waals surface area contributed by atoms with E-state index >= 15 is 0 Å². The van der Waals surface area contributed by atoms with Crippen LogP contribution in [0.1, 0.15) is 29.0 Å². The number of aryl methyl sites for hydroxylation is 1. The molecule has 2 aromatic rings. The quantitative estimate of drug-likeness (QED) is 0.875. The predicted octanol–water partition coefficient (Wildman–Crippen LogP) is 3.30. The Hall–Kier alpha value is -1.19. The van der Waals surface area contributed by atoms with E-state index in [9.17, 15) is 0 Å². The van der Waals surface area contributed by atoms with E-state index in [2.05, 4.69) is 47.7 Å². The molecule has 0 unspecified atom stereocenters. The molecule has 0 saturated carbocycles. The smallest absolute Gasteiger partial charge is 0.0388 e. The lowest BCUT2D eigenvalue weighted by Gasteiger charge is -2.12. The van der Waals surface area contributed by atoms with Gasteiger partial charge in [-0.1, -0.05) is 12.1 Å². The van der Waals surface area contributed by atoms with Crippen molar-refractivity contribution in [2.45, 2.75) is 26.4 Å². The molecule has 2 nitrogen and oxygen atoms in total. The summed E-state index contributed by atoms with van der Waals surface area (Å²) in [5.41, 5.74) is 2.45. The number of pyridine rings is 1. The normalized spacial score (nSPS) is 12.6. The van der Waals surface area contributed by atoms with Crippen molar-refractivity contribution in [2.75, 3.05) is 0 Å². The van der Waals surface area contributed by atoms with Crippen molar-refractivity contribution >= 4 is 11.3 Å². The van der Waals surface area contributed by atoms with E-state index in [0.717, 1.165) is 6.54 Å². The van der Waals surface area contributed by atoms with Crippen LogP contribution in [-0.4, -0.2) is 4.98 Å². The zero-order valence-corrected chi connectivity index (χ0v) is 10.4. The van der Waals surface area contributed by atoms with Crippen molar-refractivity contribution in [1.82, 2.24) is 10.3 Å². The summed E-state index contributed by atoms with van der Waals surface area (Å²) < 4.78 is 0. The zero-order chi connectivity index (χ0) is 11.4. The summed E-state index contributed by atoms with van der Waals surface area (Å²) in [7, 11) is 0. The Morgan fingerprint density at radius 2 is 2.31 bits per heavy atom. The van der Waals surface area contributed by atoms with Crippen LogP contribution in [0.3, 0.4) is 0 Å². The van der Waals surface area contributed by atoms with Crippen LogP contribution >= 0.6 is 11.3 Å². The minimum absolute atomic E-state index is 0.403. The summed E-state index contributed by atoms with van der Waals surface area (Å²) in [6.07, 6.45) is 3.80. The van der Waals surface area contributed by atoms with Crippen molar-refractivity contribution in [3.63, 3.8) is 0 Å². The second-order valence-corrected chi connectivity index (χ2v) is 4.97. The molecular formula is C13H16N2S. The molecule has 2 rings (SSSR count). The Labute approximate surface area is 100 Å². The van der Waals surface area contributed by atoms with Crippen LogP contribution in [0.5, 0.6) is 0 Å². The van der Waals surface area contributed by atoms with E-state index in [-0.39, 0.29) is 0 Å². The van der Waals surface area contributed by atoms with E-state index in [4.69, 9.17) is 0 Å². The molecule has 0 spiro atoms. The van der Waals surface area contributed by atoms with Gasteiger partial charge < -0.3 is 5.32 Å². The van der Waals surface area contributed by atoms with E-state index in [1.807, 2.05) is 12.4 Å². The van der Waals surface area contributed by atoms with Crippen LogP contribution in [0.4, 0.5) is 0 Å². The summed E-state index contributed by atoms with van der Waals surface area (Å²) in [5, 5.41) is 5.61. The van der Waals surface area contributed by atoms with Gasteiger partial charge >= 0.3 is 0 Å². The lowest BCUT2D eigenvalue weighted by atomic mass is 10.2. The van der Waals surface area contributed by atoms with E-state index < -0.39 is 0 Å². The van der Waals surface area contributed by atoms with Crippen LogP contribution in [0, 0.1) is 6.92 Å². The first-order valence-electron chi connectivity index (χ1n) is 5.43. The summed E-state index contributed by atoms with van der Waals surface area (Å²) in [6.45, 7) is 5.13. The van der Waals surface area contributed by atoms with E-state index in [0.29, 0.717) is 6.04 Å². The van der Waals surface area contributed by atoms with Gasteiger partial charge in [0, 0.05) is 29.9 Å². The van der Waals surface area contributed by atoms with Crippen LogP contribution in [-0.2, 0) is 6.54 Å². The van der Waals surface area contributed by atoms with Crippen molar-refractivity contribution in [3.8, 4) is 0 Å². The second-order valence-electron chi connectivity index (χ2n) is 3.99. The molecule has 0 aliphatic heterocycles. The molecular weight excluding hydrogens is 216 g/mol. The SMILES string of the molecule is Cc1cncc(CN[C@H](C)c2cccs2)c1. The molecule has 1 N–H and O–H groups in total. The number of hydrogen-bond acceptors (Lipinski definition) is 3. The van der Waals surface area contributed by atoms with Gasteiger partial charge in [0.25, 0.3) is 0 Å². The topological polar surface area (TPSA) is 24.9 Å². The zero-order valence-electron chi connectivity index (χ0n) is 9.60. The van der Waals surface area contributed by atoms with Crippen molar-refractivity contribution in [2.24, 2.45) is 0 Å². The van der Waals surface area contributed by atoms with Crippen molar-refractivity contribution in [1.29, 1.82) is 0 Å². The minimum Gasteiger partial charge on any atom is -0.305 e. The van der Waals surface area contributed by atoms with Crippen LogP contribution in [0.15, 0.2) is 36.0 Å². The molecule has 1 atom stereocenters. The molecule has 0 fully saturated rings. The first kappa shape index (κ1) is 11.3. The monoisotopic (exact) mass is 232 g/mol. The molecule has 0 saturated heterocycles. The maximum atomic E-state index is 4.19. The average molecular weight is 232 g/mol. The lowest BCUT2D eigenvalue weighted by molar-refractivity contribution is 0.582. The highest BCUT2D eigenvalue weighted by molar-refractivity contribution is 7.10. The lowest BCUT2D eigenvalue weighted by Crippen LogP contribution is -2.17. The molecule has 0 aliphatic carbocycles. The molecule has 16 heavy (non-hydrogen) atoms. The van der Waals surface area contributed by atoms with Gasteiger partial charge in [-0.2, -0.15) is 0 Å². The number of aromatic nitrogens is 1. The third-order valence-corrected chi connectivity index (χ3v) is 3.57. The first-order valence-corrected chi connectivity index (χ1v) is 6.31. The largest absolute Gasteiger partial charge is 0.305 e. The van der Waals surface area contributed by atoms with Crippen molar-refractivity contribution in [3.05, 3.63) is 52.0 Å². The van der Waals surface area contributed by atoms with Gasteiger partial charge in [0.05, 0.1) is 0 Å². The Bertz CT molecular complexity index is 437. The molecule has 3 heteroatoms. The summed E-state index contributed by atoms with van der Waals surface area (Å²) in [5.74, 6) is 0. The third kappa shape index (κ3) is 2.90. The molecule has 0 radical (unpaired) electrons. The Kier molecular flexibility index (Phi) is 3.70. The van der Waals surface area contributed by atoms with Gasteiger partial charge in [-0.05, 0) is 36.4 Å². The van der Waals surface area contributed by atoms with Crippen molar-refractivity contribution < 1.29 is 0 Å². The third-order valence-electron chi connectivity index (χ3n) is 2.51. The number of rotatable bonds is 4. The highest BCUT2D eigenvalue weighted by Crippen LogP contribution is 2.18. The van der Waals surface area contributed by atoms with Crippen LogP contribution in [0.25, 0.3) is 0 Å². The highest BCUT2D eigenvalue weighted by Gasteiger charge is 2.05. The second kappa shape index (κ2) is 5.23. The van der Waals surface area contributed by atoms with Gasteiger partial charge in [-0.25, -0.2) is 0 Å². The molecule has 0 aromatic carbocycles. The average Bonchev–Trinajstić information content (AvgIpc) is 2.79. The number of hydrogen-bond donors (Lipinski definition) is 1. The van der Waals surface area contributed by atoms with Crippen LogP contribution < -0.4 is 5.32 Å². The number of thiophene rings is 1. The standard InChI is InChI=1S/C13H16N2S/c1-10-6-12(8-14-7-10)9-15-11(2)13-4-3-5-16-13/h3-8,11,15H,9H2,1-2H3/t11-/m1/s1. The minimum atomic E-state index is 0.403. The number of nitrogens with one attached hydrogen (secondary N) is 1. The fourth-order valence-electron chi connectivity index (χ4n) is 1.62. The summed E-state index contributed by atoms with van der Waals surface area (Å²) >= 11 is 1.79. The van der Waals surface area contributed by atoms with Crippen LogP contribution in [0.2, 0.25) is 0 Å². The maximum absolute atomic E-state index is 4.19. The molecule has 0 bridgehead atoms. The van der Waals surface area contributed by atoms with E-state index in [1.165, 1.54) is 16.0 Å². The molecule has 2 heterocycles. The molecule has 0 aliphatic rings.